The standard InChI is InChI=1S/C17H16N4O/c1-11-8-15-14(20(11)10-13-6-4-3-5-7-13)9-16(22)17-19-18-12(2)21(15)17/h3-9,22H,10H2,1-2H3. The third-order valence-electron chi connectivity index (χ3n) is 4.08. The molecule has 110 valence electrons. The molecule has 4 rings (SSSR count). The van der Waals surface area contributed by atoms with Crippen molar-refractivity contribution in [1.82, 2.24) is 19.2 Å². The summed E-state index contributed by atoms with van der Waals surface area (Å²) in [5, 5.41) is 18.4. The van der Waals surface area contributed by atoms with Crippen LogP contribution in [0, 0.1) is 13.8 Å². The minimum Gasteiger partial charge on any atom is -0.504 e. The minimum absolute atomic E-state index is 0.153. The highest BCUT2D eigenvalue weighted by Gasteiger charge is 2.15. The van der Waals surface area contributed by atoms with E-state index in [9.17, 15) is 5.11 Å². The molecule has 0 aliphatic carbocycles. The highest BCUT2D eigenvalue weighted by atomic mass is 16.3. The third kappa shape index (κ3) is 1.79. The number of aryl methyl sites for hydroxylation is 2. The van der Waals surface area contributed by atoms with E-state index in [2.05, 4.69) is 39.9 Å². The lowest BCUT2D eigenvalue weighted by molar-refractivity contribution is 0.478. The van der Waals surface area contributed by atoms with Gasteiger partial charge in [0.25, 0.3) is 0 Å². The molecule has 0 bridgehead atoms. The van der Waals surface area contributed by atoms with Gasteiger partial charge in [-0.05, 0) is 25.5 Å². The van der Waals surface area contributed by atoms with Gasteiger partial charge in [0, 0.05) is 18.3 Å². The molecule has 0 atom stereocenters. The van der Waals surface area contributed by atoms with E-state index in [0.717, 1.165) is 29.1 Å². The van der Waals surface area contributed by atoms with Crippen LogP contribution in [-0.4, -0.2) is 24.3 Å². The molecule has 5 nitrogen and oxygen atoms in total. The Morgan fingerprint density at radius 1 is 1.00 bits per heavy atom. The summed E-state index contributed by atoms with van der Waals surface area (Å²) in [5.41, 5.74) is 4.86. The van der Waals surface area contributed by atoms with E-state index in [-0.39, 0.29) is 5.75 Å². The summed E-state index contributed by atoms with van der Waals surface area (Å²) in [6.45, 7) is 4.73. The molecule has 0 unspecified atom stereocenters. The molecule has 5 heteroatoms. The van der Waals surface area contributed by atoms with Crippen molar-refractivity contribution in [2.75, 3.05) is 0 Å². The van der Waals surface area contributed by atoms with Crippen molar-refractivity contribution in [1.29, 1.82) is 0 Å². The van der Waals surface area contributed by atoms with Crippen LogP contribution in [0.4, 0.5) is 0 Å². The maximum Gasteiger partial charge on any atom is 0.203 e. The van der Waals surface area contributed by atoms with Crippen LogP contribution in [0.1, 0.15) is 17.1 Å². The maximum absolute atomic E-state index is 10.2. The molecule has 0 amide bonds. The zero-order valence-corrected chi connectivity index (χ0v) is 12.5. The zero-order chi connectivity index (χ0) is 15.3. The molecule has 0 saturated carbocycles. The predicted molar refractivity (Wildman–Crippen MR) is 85.2 cm³/mol. The second-order valence-electron chi connectivity index (χ2n) is 5.56. The molecule has 0 radical (unpaired) electrons. The van der Waals surface area contributed by atoms with Crippen molar-refractivity contribution in [3.8, 4) is 5.75 Å². The van der Waals surface area contributed by atoms with Crippen LogP contribution in [0.15, 0.2) is 42.5 Å². The quantitative estimate of drug-likeness (QED) is 0.618. The van der Waals surface area contributed by atoms with E-state index >= 15 is 0 Å². The SMILES string of the molecule is Cc1cc2c(cc(O)c3nnc(C)n32)n1Cc1ccccc1. The monoisotopic (exact) mass is 292 g/mol. The van der Waals surface area contributed by atoms with E-state index in [0.29, 0.717) is 5.65 Å². The summed E-state index contributed by atoms with van der Waals surface area (Å²) in [6, 6.07) is 14.2. The summed E-state index contributed by atoms with van der Waals surface area (Å²) in [4.78, 5) is 0. The van der Waals surface area contributed by atoms with Gasteiger partial charge in [-0.2, -0.15) is 0 Å². The van der Waals surface area contributed by atoms with E-state index in [1.54, 1.807) is 6.07 Å². The number of aromatic nitrogens is 4. The number of hydrogen-bond donors (Lipinski definition) is 1. The van der Waals surface area contributed by atoms with E-state index in [1.165, 1.54) is 5.56 Å². The number of benzene rings is 1. The van der Waals surface area contributed by atoms with Crippen molar-refractivity contribution in [2.45, 2.75) is 20.4 Å². The van der Waals surface area contributed by atoms with Gasteiger partial charge in [-0.3, -0.25) is 4.40 Å². The Hall–Kier alpha value is -2.82. The van der Waals surface area contributed by atoms with E-state index < -0.39 is 0 Å². The first-order chi connectivity index (χ1) is 10.6. The van der Waals surface area contributed by atoms with Gasteiger partial charge in [0.1, 0.15) is 5.82 Å². The second kappa shape index (κ2) is 4.59. The Morgan fingerprint density at radius 3 is 2.55 bits per heavy atom. The first kappa shape index (κ1) is 12.9. The fourth-order valence-electron chi connectivity index (χ4n) is 3.00. The molecule has 0 aliphatic heterocycles. The van der Waals surface area contributed by atoms with Crippen LogP contribution in [0.5, 0.6) is 5.75 Å². The molecule has 22 heavy (non-hydrogen) atoms. The molecule has 0 aliphatic rings. The van der Waals surface area contributed by atoms with Crippen molar-refractivity contribution in [3.63, 3.8) is 0 Å². The number of rotatable bonds is 2. The molecule has 0 fully saturated rings. The highest BCUT2D eigenvalue weighted by molar-refractivity contribution is 5.84. The lowest BCUT2D eigenvalue weighted by atomic mass is 10.2. The molecule has 4 aromatic rings. The topological polar surface area (TPSA) is 55.4 Å². The minimum atomic E-state index is 0.153. The molecule has 3 heterocycles. The van der Waals surface area contributed by atoms with Crippen LogP contribution in [-0.2, 0) is 6.54 Å². The Morgan fingerprint density at radius 2 is 1.77 bits per heavy atom. The fourth-order valence-corrected chi connectivity index (χ4v) is 3.00. The van der Waals surface area contributed by atoms with Crippen LogP contribution in [0.3, 0.4) is 0 Å². The Kier molecular flexibility index (Phi) is 2.69. The van der Waals surface area contributed by atoms with Gasteiger partial charge < -0.3 is 9.67 Å². The van der Waals surface area contributed by atoms with Crippen LogP contribution in [0.2, 0.25) is 0 Å². The first-order valence-corrected chi connectivity index (χ1v) is 7.22. The fraction of sp³-hybridized carbons (Fsp3) is 0.176. The average molecular weight is 292 g/mol. The van der Waals surface area contributed by atoms with Gasteiger partial charge in [0.2, 0.25) is 5.65 Å². The number of fused-ring (bicyclic) bond motifs is 3. The lowest BCUT2D eigenvalue weighted by Gasteiger charge is -2.09. The van der Waals surface area contributed by atoms with Gasteiger partial charge in [-0.1, -0.05) is 30.3 Å². The van der Waals surface area contributed by atoms with Crippen molar-refractivity contribution >= 4 is 16.7 Å². The number of pyridine rings is 1. The zero-order valence-electron chi connectivity index (χ0n) is 12.5. The van der Waals surface area contributed by atoms with Crippen LogP contribution >= 0.6 is 0 Å². The molecule has 1 N–H and O–H groups in total. The highest BCUT2D eigenvalue weighted by Crippen LogP contribution is 2.28. The molecule has 3 aromatic heterocycles. The summed E-state index contributed by atoms with van der Waals surface area (Å²) in [5.74, 6) is 0.924. The van der Waals surface area contributed by atoms with Crippen LogP contribution in [0.25, 0.3) is 16.7 Å². The summed E-state index contributed by atoms with van der Waals surface area (Å²) in [7, 11) is 0. The number of hydrogen-bond acceptors (Lipinski definition) is 3. The Labute approximate surface area is 127 Å². The molecular formula is C17H16N4O. The normalized spacial score (nSPS) is 11.5. The lowest BCUT2D eigenvalue weighted by Crippen LogP contribution is -2.01. The van der Waals surface area contributed by atoms with Crippen molar-refractivity contribution < 1.29 is 5.11 Å². The molecule has 1 aromatic carbocycles. The van der Waals surface area contributed by atoms with Gasteiger partial charge in [-0.15, -0.1) is 10.2 Å². The summed E-state index contributed by atoms with van der Waals surface area (Å²) in [6.07, 6.45) is 0. The van der Waals surface area contributed by atoms with Crippen molar-refractivity contribution in [2.24, 2.45) is 0 Å². The average Bonchev–Trinajstić information content (AvgIpc) is 3.04. The largest absolute Gasteiger partial charge is 0.504 e. The number of nitrogens with zero attached hydrogens (tertiary/aromatic N) is 4. The second-order valence-corrected chi connectivity index (χ2v) is 5.56. The van der Waals surface area contributed by atoms with Gasteiger partial charge in [-0.25, -0.2) is 0 Å². The first-order valence-electron chi connectivity index (χ1n) is 7.22. The van der Waals surface area contributed by atoms with Crippen LogP contribution < -0.4 is 0 Å². The van der Waals surface area contributed by atoms with E-state index in [4.69, 9.17) is 0 Å². The van der Waals surface area contributed by atoms with Gasteiger partial charge in [0.05, 0.1) is 11.0 Å². The van der Waals surface area contributed by atoms with Gasteiger partial charge in [0.15, 0.2) is 5.75 Å². The third-order valence-corrected chi connectivity index (χ3v) is 4.08. The van der Waals surface area contributed by atoms with E-state index in [1.807, 2.05) is 29.5 Å². The maximum atomic E-state index is 10.2. The molecule has 0 spiro atoms. The molecular weight excluding hydrogens is 276 g/mol. The predicted octanol–water partition coefficient (Wildman–Crippen LogP) is 3.05. The molecule has 0 saturated heterocycles. The summed E-state index contributed by atoms with van der Waals surface area (Å²) >= 11 is 0. The Balaban J connectivity index is 2.00. The Bertz CT molecular complexity index is 982. The van der Waals surface area contributed by atoms with Crippen molar-refractivity contribution in [3.05, 3.63) is 59.5 Å². The van der Waals surface area contributed by atoms with Gasteiger partial charge >= 0.3 is 0 Å². The summed E-state index contributed by atoms with van der Waals surface area (Å²) < 4.78 is 4.10. The number of aromatic hydroxyl groups is 1. The smallest absolute Gasteiger partial charge is 0.203 e.